The van der Waals surface area contributed by atoms with Crippen LogP contribution in [0.3, 0.4) is 0 Å². The van der Waals surface area contributed by atoms with E-state index in [1.165, 1.54) is 30.0 Å². The molecule has 3 atom stereocenters. The van der Waals surface area contributed by atoms with Crippen molar-refractivity contribution in [2.75, 3.05) is 31.1 Å². The number of piperidine rings is 1. The molecule has 3 unspecified atom stereocenters. The number of halogens is 2. The number of benzene rings is 2. The molecule has 3 fully saturated rings. The van der Waals surface area contributed by atoms with Crippen LogP contribution >= 0.6 is 0 Å². The highest BCUT2D eigenvalue weighted by atomic mass is 19.2. The lowest BCUT2D eigenvalue weighted by atomic mass is 9.68. The van der Waals surface area contributed by atoms with Gasteiger partial charge in [0, 0.05) is 36.6 Å². The normalized spacial score (nSPS) is 27.0. The highest BCUT2D eigenvalue weighted by Crippen LogP contribution is 2.45. The van der Waals surface area contributed by atoms with Crippen LogP contribution in [-0.4, -0.2) is 60.3 Å². The van der Waals surface area contributed by atoms with Gasteiger partial charge in [-0.25, -0.2) is 13.6 Å². The number of hydrogen-bond donors (Lipinski definition) is 0. The zero-order chi connectivity index (χ0) is 27.0. The van der Waals surface area contributed by atoms with Crippen LogP contribution in [0.15, 0.2) is 42.5 Å². The predicted octanol–water partition coefficient (Wildman–Crippen LogP) is 6.64. The minimum Gasteiger partial charge on any atom is -0.450 e. The number of rotatable bonds is 3. The molecule has 1 spiro atoms. The van der Waals surface area contributed by atoms with Gasteiger partial charge in [-0.1, -0.05) is 43.2 Å². The van der Waals surface area contributed by atoms with Gasteiger partial charge in [-0.05, 0) is 88.2 Å². The lowest BCUT2D eigenvalue weighted by Gasteiger charge is -2.50. The highest BCUT2D eigenvalue weighted by Gasteiger charge is 2.45. The van der Waals surface area contributed by atoms with Gasteiger partial charge in [0.2, 0.25) is 0 Å². The van der Waals surface area contributed by atoms with E-state index >= 15 is 0 Å². The Bertz CT molecular complexity index is 1180. The van der Waals surface area contributed by atoms with E-state index in [1.54, 1.807) is 12.1 Å². The summed E-state index contributed by atoms with van der Waals surface area (Å²) < 4.78 is 34.5. The summed E-state index contributed by atoms with van der Waals surface area (Å²) in [7, 11) is 0. The maximum atomic E-state index is 14.9. The summed E-state index contributed by atoms with van der Waals surface area (Å²) >= 11 is 0. The molecule has 7 heteroatoms. The molecule has 3 saturated heterocycles. The summed E-state index contributed by atoms with van der Waals surface area (Å²) in [5, 5.41) is 0. The fourth-order valence-electron chi connectivity index (χ4n) is 8.03. The number of carbonyl (C=O) groups excluding carboxylic acids is 1. The Morgan fingerprint density at radius 2 is 1.69 bits per heavy atom. The average molecular weight is 538 g/mol. The highest BCUT2D eigenvalue weighted by molar-refractivity contribution is 5.68. The van der Waals surface area contributed by atoms with Crippen molar-refractivity contribution in [3.8, 4) is 0 Å². The number of amides is 1. The van der Waals surface area contributed by atoms with Crippen molar-refractivity contribution >= 4 is 11.8 Å². The summed E-state index contributed by atoms with van der Waals surface area (Å²) in [6.07, 6.45) is 9.52. The van der Waals surface area contributed by atoms with E-state index in [2.05, 4.69) is 34.1 Å². The van der Waals surface area contributed by atoms with Crippen molar-refractivity contribution in [1.82, 2.24) is 9.80 Å². The molecule has 0 N–H and O–H groups in total. The van der Waals surface area contributed by atoms with Crippen LogP contribution in [0.4, 0.5) is 19.3 Å². The maximum Gasteiger partial charge on any atom is 0.410 e. The van der Waals surface area contributed by atoms with Gasteiger partial charge in [-0.15, -0.1) is 0 Å². The molecule has 0 aromatic heterocycles. The third kappa shape index (κ3) is 5.03. The maximum absolute atomic E-state index is 14.9. The SMILES string of the molecule is CCOC(=O)N1C2CCCCC1CC(N1CCC3(CC1)CN(c1cccc(F)c1F)Cc1ccccc13)CC2. The van der Waals surface area contributed by atoms with Gasteiger partial charge in [-0.2, -0.15) is 0 Å². The molecule has 1 amide bonds. The summed E-state index contributed by atoms with van der Waals surface area (Å²) in [5.41, 5.74) is 2.86. The van der Waals surface area contributed by atoms with Crippen LogP contribution in [0.2, 0.25) is 0 Å². The minimum atomic E-state index is -0.790. The second-order valence-corrected chi connectivity index (χ2v) is 12.1. The molecule has 0 radical (unpaired) electrons. The molecular weight excluding hydrogens is 496 g/mol. The molecule has 0 saturated carbocycles. The van der Waals surface area contributed by atoms with Crippen molar-refractivity contribution in [3.63, 3.8) is 0 Å². The molecular formula is C32H41F2N3O2. The van der Waals surface area contributed by atoms with Gasteiger partial charge in [0.25, 0.3) is 0 Å². The van der Waals surface area contributed by atoms with Crippen LogP contribution in [0.1, 0.15) is 75.8 Å². The topological polar surface area (TPSA) is 36.0 Å². The minimum absolute atomic E-state index is 0.0842. The second kappa shape index (κ2) is 11.1. The van der Waals surface area contributed by atoms with Crippen molar-refractivity contribution in [1.29, 1.82) is 0 Å². The molecule has 210 valence electrons. The molecule has 39 heavy (non-hydrogen) atoms. The number of fused-ring (bicyclic) bond motifs is 4. The van der Waals surface area contributed by atoms with Crippen LogP contribution in [0.25, 0.3) is 0 Å². The Morgan fingerprint density at radius 3 is 2.49 bits per heavy atom. The van der Waals surface area contributed by atoms with Crippen molar-refractivity contribution in [2.45, 2.75) is 94.8 Å². The van der Waals surface area contributed by atoms with Crippen molar-refractivity contribution in [3.05, 3.63) is 65.2 Å². The number of nitrogens with zero attached hydrogens (tertiary/aromatic N) is 3. The van der Waals surface area contributed by atoms with E-state index < -0.39 is 11.6 Å². The largest absolute Gasteiger partial charge is 0.450 e. The standard InChI is InChI=1S/C32H41F2N3O2/c1-2-39-31(38)37-24-9-4-5-10-26(37)20-25(15-14-24)35-18-16-32(17-19-35)22-36(21-23-8-3-6-11-27(23)32)29-13-7-12-28(33)30(29)34/h3,6-8,11-13,24-26H,2,4-5,9-10,14-22H2,1H3. The van der Waals surface area contributed by atoms with E-state index in [-0.39, 0.29) is 23.6 Å². The molecule has 5 nitrogen and oxygen atoms in total. The summed E-state index contributed by atoms with van der Waals surface area (Å²) in [6.45, 7) is 5.57. The predicted molar refractivity (Wildman–Crippen MR) is 149 cm³/mol. The summed E-state index contributed by atoms with van der Waals surface area (Å²) in [4.78, 5) is 19.8. The number of hydrogen-bond acceptors (Lipinski definition) is 4. The Balaban J connectivity index is 1.21. The van der Waals surface area contributed by atoms with Crippen LogP contribution in [0, 0.1) is 11.6 Å². The first-order valence-electron chi connectivity index (χ1n) is 15.0. The lowest BCUT2D eigenvalue weighted by molar-refractivity contribution is 0.0641. The Kier molecular flexibility index (Phi) is 7.54. The summed E-state index contributed by atoms with van der Waals surface area (Å²) in [6, 6.07) is 14.1. The van der Waals surface area contributed by atoms with Gasteiger partial charge >= 0.3 is 6.09 Å². The number of carbonyl (C=O) groups is 1. The molecule has 2 aromatic carbocycles. The first-order valence-corrected chi connectivity index (χ1v) is 15.0. The summed E-state index contributed by atoms with van der Waals surface area (Å²) in [5.74, 6) is -1.54. The van der Waals surface area contributed by atoms with Gasteiger partial charge in [0.05, 0.1) is 12.3 Å². The van der Waals surface area contributed by atoms with E-state index in [0.717, 1.165) is 58.0 Å². The van der Waals surface area contributed by atoms with Crippen molar-refractivity contribution in [2.24, 2.45) is 0 Å². The van der Waals surface area contributed by atoms with E-state index in [4.69, 9.17) is 4.74 Å². The number of likely N-dealkylation sites (tertiary alicyclic amines) is 1. The number of ether oxygens (including phenoxy) is 1. The van der Waals surface area contributed by atoms with Gasteiger partial charge in [-0.3, -0.25) is 0 Å². The Hall–Kier alpha value is -2.67. The van der Waals surface area contributed by atoms with E-state index in [9.17, 15) is 13.6 Å². The first kappa shape index (κ1) is 26.5. The molecule has 4 heterocycles. The number of anilines is 1. The van der Waals surface area contributed by atoms with Gasteiger partial charge in [0.1, 0.15) is 0 Å². The smallest absolute Gasteiger partial charge is 0.410 e. The Labute approximate surface area is 231 Å². The third-order valence-corrected chi connectivity index (χ3v) is 9.95. The van der Waals surface area contributed by atoms with E-state index in [1.807, 2.05) is 11.8 Å². The monoisotopic (exact) mass is 537 g/mol. The fraction of sp³-hybridized carbons (Fsp3) is 0.594. The van der Waals surface area contributed by atoms with Crippen LogP contribution < -0.4 is 4.90 Å². The second-order valence-electron chi connectivity index (χ2n) is 12.1. The quantitative estimate of drug-likeness (QED) is 0.440. The molecule has 0 aliphatic carbocycles. The lowest BCUT2D eigenvalue weighted by Crippen LogP contribution is -2.54. The average Bonchev–Trinajstić information content (AvgIpc) is 3.26. The van der Waals surface area contributed by atoms with Gasteiger partial charge < -0.3 is 19.4 Å². The zero-order valence-electron chi connectivity index (χ0n) is 23.1. The molecule has 6 rings (SSSR count). The third-order valence-electron chi connectivity index (χ3n) is 9.95. The molecule has 2 bridgehead atoms. The zero-order valence-corrected chi connectivity index (χ0v) is 23.1. The Morgan fingerprint density at radius 1 is 0.949 bits per heavy atom. The van der Waals surface area contributed by atoms with Crippen LogP contribution in [0.5, 0.6) is 0 Å². The van der Waals surface area contributed by atoms with E-state index in [0.29, 0.717) is 31.4 Å². The molecule has 4 aliphatic rings. The van der Waals surface area contributed by atoms with Crippen molar-refractivity contribution < 1.29 is 18.3 Å². The van der Waals surface area contributed by atoms with Crippen LogP contribution in [-0.2, 0) is 16.7 Å². The molecule has 4 aliphatic heterocycles. The fourth-order valence-corrected chi connectivity index (χ4v) is 8.03. The van der Waals surface area contributed by atoms with Gasteiger partial charge in [0.15, 0.2) is 11.6 Å². The first-order chi connectivity index (χ1) is 19.0. The molecule has 2 aromatic rings.